The van der Waals surface area contributed by atoms with E-state index in [1.807, 2.05) is 30.0 Å². The van der Waals surface area contributed by atoms with Crippen LogP contribution in [-0.4, -0.2) is 49.1 Å². The summed E-state index contributed by atoms with van der Waals surface area (Å²) in [6.07, 6.45) is 1.79. The highest BCUT2D eigenvalue weighted by atomic mass is 35.5. The Hall–Kier alpha value is -2.27. The highest BCUT2D eigenvalue weighted by Crippen LogP contribution is 2.28. The van der Waals surface area contributed by atoms with Gasteiger partial charge in [-0.2, -0.15) is 0 Å². The maximum absolute atomic E-state index is 12.8. The van der Waals surface area contributed by atoms with E-state index < -0.39 is 0 Å². The van der Waals surface area contributed by atoms with Crippen molar-refractivity contribution in [2.45, 2.75) is 6.92 Å². The first-order valence-corrected chi connectivity index (χ1v) is 8.27. The third-order valence-corrected chi connectivity index (χ3v) is 4.56. The van der Waals surface area contributed by atoms with Gasteiger partial charge < -0.3 is 14.5 Å². The average Bonchev–Trinajstić information content (AvgIpc) is 2.63. The number of amides is 1. The number of rotatable bonds is 3. The molecule has 1 saturated heterocycles. The molecular formula is C18H20ClN3O2. The highest BCUT2D eigenvalue weighted by molar-refractivity contribution is 6.32. The summed E-state index contributed by atoms with van der Waals surface area (Å²) in [5.41, 5.74) is 1.50. The summed E-state index contributed by atoms with van der Waals surface area (Å²) < 4.78 is 5.20. The van der Waals surface area contributed by atoms with Crippen LogP contribution in [0.25, 0.3) is 0 Å². The monoisotopic (exact) mass is 345 g/mol. The number of aromatic nitrogens is 1. The van der Waals surface area contributed by atoms with Gasteiger partial charge in [0.1, 0.15) is 11.6 Å². The summed E-state index contributed by atoms with van der Waals surface area (Å²) in [6, 6.07) is 9.37. The first kappa shape index (κ1) is 16.6. The molecule has 5 nitrogen and oxygen atoms in total. The number of hydrogen-bond acceptors (Lipinski definition) is 4. The van der Waals surface area contributed by atoms with Crippen LogP contribution in [-0.2, 0) is 0 Å². The van der Waals surface area contributed by atoms with Crippen molar-refractivity contribution in [2.24, 2.45) is 0 Å². The van der Waals surface area contributed by atoms with E-state index in [4.69, 9.17) is 16.3 Å². The molecule has 1 aromatic carbocycles. The number of benzene rings is 1. The van der Waals surface area contributed by atoms with Gasteiger partial charge in [-0.25, -0.2) is 4.98 Å². The van der Waals surface area contributed by atoms with Crippen molar-refractivity contribution < 1.29 is 9.53 Å². The molecule has 3 rings (SSSR count). The third-order valence-electron chi connectivity index (χ3n) is 4.27. The van der Waals surface area contributed by atoms with E-state index in [0.29, 0.717) is 29.4 Å². The minimum Gasteiger partial charge on any atom is -0.495 e. The van der Waals surface area contributed by atoms with E-state index in [9.17, 15) is 4.79 Å². The zero-order chi connectivity index (χ0) is 17.1. The number of carbonyl (C=O) groups excluding carboxylic acids is 1. The number of carbonyl (C=O) groups is 1. The largest absolute Gasteiger partial charge is 0.495 e. The van der Waals surface area contributed by atoms with Crippen LogP contribution in [0, 0.1) is 6.92 Å². The van der Waals surface area contributed by atoms with E-state index in [1.165, 1.54) is 0 Å². The molecule has 1 aromatic heterocycles. The van der Waals surface area contributed by atoms with E-state index >= 15 is 0 Å². The molecule has 1 fully saturated rings. The fraction of sp³-hybridized carbons (Fsp3) is 0.333. The lowest BCUT2D eigenvalue weighted by Gasteiger charge is -2.35. The molecule has 1 aliphatic rings. The zero-order valence-electron chi connectivity index (χ0n) is 13.8. The predicted octanol–water partition coefficient (Wildman–Crippen LogP) is 3.01. The molecule has 0 aliphatic carbocycles. The molecule has 126 valence electrons. The molecule has 0 unspecified atom stereocenters. The van der Waals surface area contributed by atoms with Gasteiger partial charge in [-0.1, -0.05) is 17.7 Å². The van der Waals surface area contributed by atoms with Gasteiger partial charge >= 0.3 is 0 Å². The van der Waals surface area contributed by atoms with Crippen molar-refractivity contribution in [3.8, 4) is 5.75 Å². The number of halogens is 1. The topological polar surface area (TPSA) is 45.7 Å². The van der Waals surface area contributed by atoms with Gasteiger partial charge in [-0.3, -0.25) is 4.79 Å². The van der Waals surface area contributed by atoms with Crippen molar-refractivity contribution in [3.05, 3.63) is 52.7 Å². The minimum atomic E-state index is 0.0118. The van der Waals surface area contributed by atoms with E-state index in [-0.39, 0.29) is 5.91 Å². The SMILES string of the molecule is COc1cc(C)c(C(=O)N2CCN(c3ccccn3)CC2)cc1Cl. The maximum Gasteiger partial charge on any atom is 0.254 e. The molecule has 0 atom stereocenters. The molecule has 2 aromatic rings. The number of anilines is 1. The molecule has 0 spiro atoms. The molecular weight excluding hydrogens is 326 g/mol. The van der Waals surface area contributed by atoms with Crippen LogP contribution in [0.3, 0.4) is 0 Å². The summed E-state index contributed by atoms with van der Waals surface area (Å²) in [5, 5.41) is 0.457. The van der Waals surface area contributed by atoms with Crippen LogP contribution in [0.1, 0.15) is 15.9 Å². The zero-order valence-corrected chi connectivity index (χ0v) is 14.6. The molecule has 0 radical (unpaired) electrons. The van der Waals surface area contributed by atoms with Crippen molar-refractivity contribution in [2.75, 3.05) is 38.2 Å². The Bertz CT molecular complexity index is 729. The fourth-order valence-electron chi connectivity index (χ4n) is 2.89. The molecule has 0 bridgehead atoms. The van der Waals surface area contributed by atoms with Crippen molar-refractivity contribution in [3.63, 3.8) is 0 Å². The van der Waals surface area contributed by atoms with Gasteiger partial charge in [-0.15, -0.1) is 0 Å². The lowest BCUT2D eigenvalue weighted by Crippen LogP contribution is -2.49. The number of hydrogen-bond donors (Lipinski definition) is 0. The molecule has 1 amide bonds. The number of pyridine rings is 1. The van der Waals surface area contributed by atoms with Crippen LogP contribution in [0.4, 0.5) is 5.82 Å². The number of piperazine rings is 1. The number of methoxy groups -OCH3 is 1. The second-order valence-corrected chi connectivity index (χ2v) is 6.18. The first-order valence-electron chi connectivity index (χ1n) is 7.89. The van der Waals surface area contributed by atoms with Crippen molar-refractivity contribution in [1.29, 1.82) is 0 Å². The second kappa shape index (κ2) is 7.09. The van der Waals surface area contributed by atoms with Crippen LogP contribution >= 0.6 is 11.6 Å². The van der Waals surface area contributed by atoms with Gasteiger partial charge in [0.2, 0.25) is 0 Å². The second-order valence-electron chi connectivity index (χ2n) is 5.77. The fourth-order valence-corrected chi connectivity index (χ4v) is 3.13. The Kier molecular flexibility index (Phi) is 4.90. The molecule has 2 heterocycles. The van der Waals surface area contributed by atoms with Gasteiger partial charge in [0.15, 0.2) is 0 Å². The van der Waals surface area contributed by atoms with Crippen molar-refractivity contribution >= 4 is 23.3 Å². The minimum absolute atomic E-state index is 0.0118. The standard InChI is InChI=1S/C18H20ClN3O2/c1-13-11-16(24-2)15(19)12-14(13)18(23)22-9-7-21(8-10-22)17-5-3-4-6-20-17/h3-6,11-12H,7-10H2,1-2H3. The summed E-state index contributed by atoms with van der Waals surface area (Å²) in [6.45, 7) is 4.77. The third kappa shape index (κ3) is 3.31. The Morgan fingerprint density at radius 2 is 1.96 bits per heavy atom. The molecule has 0 N–H and O–H groups in total. The van der Waals surface area contributed by atoms with Crippen molar-refractivity contribution in [1.82, 2.24) is 9.88 Å². The lowest BCUT2D eigenvalue weighted by molar-refractivity contribution is 0.0745. The average molecular weight is 346 g/mol. The predicted molar refractivity (Wildman–Crippen MR) is 95.1 cm³/mol. The maximum atomic E-state index is 12.8. The van der Waals surface area contributed by atoms with Gasteiger partial charge in [-0.05, 0) is 36.8 Å². The Morgan fingerprint density at radius 3 is 2.58 bits per heavy atom. The number of ether oxygens (including phenoxy) is 1. The first-order chi connectivity index (χ1) is 11.6. The molecule has 24 heavy (non-hydrogen) atoms. The van der Waals surface area contributed by atoms with Crippen LogP contribution in [0.15, 0.2) is 36.5 Å². The van der Waals surface area contributed by atoms with Gasteiger partial charge in [0.05, 0.1) is 12.1 Å². The molecule has 0 saturated carbocycles. The van der Waals surface area contributed by atoms with Crippen LogP contribution in [0.2, 0.25) is 5.02 Å². The Balaban J connectivity index is 1.71. The Labute approximate surface area is 146 Å². The lowest BCUT2D eigenvalue weighted by atomic mass is 10.1. The summed E-state index contributed by atoms with van der Waals surface area (Å²) in [7, 11) is 1.57. The molecule has 1 aliphatic heterocycles. The number of aryl methyl sites for hydroxylation is 1. The van der Waals surface area contributed by atoms with E-state index in [0.717, 1.165) is 24.5 Å². The smallest absolute Gasteiger partial charge is 0.254 e. The summed E-state index contributed by atoms with van der Waals surface area (Å²) >= 11 is 6.18. The summed E-state index contributed by atoms with van der Waals surface area (Å²) in [4.78, 5) is 21.2. The van der Waals surface area contributed by atoms with Crippen LogP contribution in [0.5, 0.6) is 5.75 Å². The van der Waals surface area contributed by atoms with E-state index in [2.05, 4.69) is 9.88 Å². The highest BCUT2D eigenvalue weighted by Gasteiger charge is 2.24. The Morgan fingerprint density at radius 1 is 1.21 bits per heavy atom. The van der Waals surface area contributed by atoms with Crippen LogP contribution < -0.4 is 9.64 Å². The normalized spacial score (nSPS) is 14.6. The van der Waals surface area contributed by atoms with Gasteiger partial charge in [0.25, 0.3) is 5.91 Å². The molecule has 6 heteroatoms. The van der Waals surface area contributed by atoms with Gasteiger partial charge in [0, 0.05) is 37.9 Å². The van der Waals surface area contributed by atoms with E-state index in [1.54, 1.807) is 25.4 Å². The quantitative estimate of drug-likeness (QED) is 0.858. The summed E-state index contributed by atoms with van der Waals surface area (Å²) in [5.74, 6) is 1.55. The number of nitrogens with zero attached hydrogens (tertiary/aromatic N) is 3.